The second kappa shape index (κ2) is 9.92. The zero-order valence-corrected chi connectivity index (χ0v) is 20.4. The van der Waals surface area contributed by atoms with Crippen molar-refractivity contribution in [2.75, 3.05) is 19.6 Å². The fourth-order valence-electron chi connectivity index (χ4n) is 4.77. The molecule has 2 aliphatic rings. The van der Waals surface area contributed by atoms with Gasteiger partial charge in [0.15, 0.2) is 0 Å². The maximum atomic E-state index is 14.4. The van der Waals surface area contributed by atoms with Gasteiger partial charge in [-0.15, -0.1) is 0 Å². The van der Waals surface area contributed by atoms with Crippen LogP contribution in [0, 0.1) is 12.7 Å². The van der Waals surface area contributed by atoms with E-state index >= 15 is 0 Å². The number of hydrogen-bond acceptors (Lipinski definition) is 3. The summed E-state index contributed by atoms with van der Waals surface area (Å²) in [5.41, 5.74) is 1.65. The Bertz CT molecular complexity index is 1390. The summed E-state index contributed by atoms with van der Waals surface area (Å²) in [6.45, 7) is 2.30. The largest absolute Gasteiger partial charge is 0.416 e. The Kier molecular flexibility index (Phi) is 6.64. The van der Waals surface area contributed by atoms with E-state index in [1.165, 1.54) is 40.1 Å². The fourth-order valence-corrected chi connectivity index (χ4v) is 4.77. The molecule has 1 N–H and O–H groups in total. The number of aryl methyl sites for hydroxylation is 1. The van der Waals surface area contributed by atoms with Gasteiger partial charge in [0, 0.05) is 18.7 Å². The molecule has 3 amide bonds. The Morgan fingerprint density at radius 3 is 2.34 bits per heavy atom. The minimum Gasteiger partial charge on any atom is -0.353 e. The van der Waals surface area contributed by atoms with E-state index in [0.717, 1.165) is 17.7 Å². The molecule has 0 radical (unpaired) electrons. The van der Waals surface area contributed by atoms with Crippen LogP contribution in [0.15, 0.2) is 77.8 Å². The van der Waals surface area contributed by atoms with Gasteiger partial charge in [-0.3, -0.25) is 14.7 Å². The monoisotopic (exact) mass is 524 g/mol. The molecule has 5 rings (SSSR count). The molecular weight excluding hydrogens is 500 g/mol. The molecule has 0 saturated carbocycles. The number of rotatable bonds is 3. The van der Waals surface area contributed by atoms with Gasteiger partial charge in [-0.1, -0.05) is 54.1 Å². The number of carbonyl (C=O) groups is 2. The second-order valence-electron chi connectivity index (χ2n) is 9.31. The first-order valence-electron chi connectivity index (χ1n) is 12.0. The summed E-state index contributed by atoms with van der Waals surface area (Å²) in [4.78, 5) is 33.7. The van der Waals surface area contributed by atoms with Crippen molar-refractivity contribution in [2.24, 2.45) is 4.99 Å². The Labute approximate surface area is 216 Å². The van der Waals surface area contributed by atoms with E-state index in [2.05, 4.69) is 5.32 Å². The smallest absolute Gasteiger partial charge is 0.353 e. The average molecular weight is 525 g/mol. The van der Waals surface area contributed by atoms with E-state index in [-0.39, 0.29) is 25.5 Å². The molecule has 0 aromatic heterocycles. The van der Waals surface area contributed by atoms with Crippen LogP contribution in [0.1, 0.15) is 39.9 Å². The lowest BCUT2D eigenvalue weighted by Crippen LogP contribution is -2.55. The van der Waals surface area contributed by atoms with Gasteiger partial charge in [0.2, 0.25) is 5.91 Å². The van der Waals surface area contributed by atoms with Crippen LogP contribution in [0.2, 0.25) is 0 Å². The topological polar surface area (TPSA) is 65.0 Å². The lowest BCUT2D eigenvalue weighted by Gasteiger charge is -2.35. The molecule has 196 valence electrons. The maximum absolute atomic E-state index is 14.4. The Morgan fingerprint density at radius 1 is 1.00 bits per heavy atom. The van der Waals surface area contributed by atoms with Crippen molar-refractivity contribution in [3.8, 4) is 0 Å². The van der Waals surface area contributed by atoms with Gasteiger partial charge in [-0.05, 0) is 42.3 Å². The molecule has 38 heavy (non-hydrogen) atoms. The van der Waals surface area contributed by atoms with Crippen LogP contribution in [-0.4, -0.2) is 47.2 Å². The minimum absolute atomic E-state index is 0.155. The van der Waals surface area contributed by atoms with Crippen molar-refractivity contribution in [3.63, 3.8) is 0 Å². The van der Waals surface area contributed by atoms with Crippen molar-refractivity contribution in [1.29, 1.82) is 0 Å². The van der Waals surface area contributed by atoms with Gasteiger partial charge >= 0.3 is 12.2 Å². The first-order chi connectivity index (χ1) is 18.1. The molecule has 3 aromatic rings. The zero-order chi connectivity index (χ0) is 27.0. The standard InChI is InChI=1S/C28H24F4N4O2/c1-17-5-7-19(8-6-17)26-34-24(18-9-11-21(12-10-18)28(30,31)32)25(20-3-2-4-22(29)15-20)36(26)27(38)35-14-13-33-23(37)16-35/h2-12,15,24-25H,13-14,16H2,1H3,(H,33,37). The molecule has 1 fully saturated rings. The van der Waals surface area contributed by atoms with Crippen molar-refractivity contribution in [2.45, 2.75) is 25.2 Å². The number of halogens is 4. The van der Waals surface area contributed by atoms with Crippen molar-refractivity contribution in [3.05, 3.63) is 106 Å². The van der Waals surface area contributed by atoms with Crippen LogP contribution in [0.5, 0.6) is 0 Å². The third-order valence-corrected chi connectivity index (χ3v) is 6.66. The predicted molar refractivity (Wildman–Crippen MR) is 133 cm³/mol. The molecule has 10 heteroatoms. The Morgan fingerprint density at radius 2 is 1.71 bits per heavy atom. The lowest BCUT2D eigenvalue weighted by molar-refractivity contribution is -0.137. The molecule has 1 saturated heterocycles. The summed E-state index contributed by atoms with van der Waals surface area (Å²) in [5, 5.41) is 2.69. The number of alkyl halides is 3. The molecule has 3 aromatic carbocycles. The van der Waals surface area contributed by atoms with Crippen LogP contribution in [-0.2, 0) is 11.0 Å². The molecule has 0 aliphatic carbocycles. The quantitative estimate of drug-likeness (QED) is 0.476. The van der Waals surface area contributed by atoms with Crippen molar-refractivity contribution >= 4 is 17.8 Å². The predicted octanol–water partition coefficient (Wildman–Crippen LogP) is 5.25. The second-order valence-corrected chi connectivity index (χ2v) is 9.31. The molecular formula is C28H24F4N4O2. The molecule has 6 nitrogen and oxygen atoms in total. The third kappa shape index (κ3) is 4.98. The Balaban J connectivity index is 1.66. The number of nitrogens with one attached hydrogen (secondary N) is 1. The van der Waals surface area contributed by atoms with Gasteiger partial charge in [0.1, 0.15) is 24.2 Å². The number of hydrogen-bond donors (Lipinski definition) is 1. The minimum atomic E-state index is -4.51. The number of piperazine rings is 1. The number of aliphatic imine (C=N–C) groups is 1. The van der Waals surface area contributed by atoms with E-state index in [0.29, 0.717) is 22.5 Å². The number of benzene rings is 3. The van der Waals surface area contributed by atoms with E-state index in [1.807, 2.05) is 19.1 Å². The number of nitrogens with zero attached hydrogens (tertiary/aromatic N) is 3. The number of amidine groups is 1. The zero-order valence-electron chi connectivity index (χ0n) is 20.4. The van der Waals surface area contributed by atoms with Crippen LogP contribution in [0.25, 0.3) is 0 Å². The highest BCUT2D eigenvalue weighted by molar-refractivity contribution is 6.09. The summed E-state index contributed by atoms with van der Waals surface area (Å²) in [5.74, 6) is -0.540. The first kappa shape index (κ1) is 25.4. The normalized spacial score (nSPS) is 19.8. The van der Waals surface area contributed by atoms with Gasteiger partial charge < -0.3 is 10.2 Å². The number of amides is 3. The molecule has 2 heterocycles. The SMILES string of the molecule is Cc1ccc(C2=NC(c3ccc(C(F)(F)F)cc3)C(c3cccc(F)c3)N2C(=O)N2CCNC(=O)C2)cc1. The van der Waals surface area contributed by atoms with E-state index < -0.39 is 35.7 Å². The molecule has 0 spiro atoms. The first-order valence-corrected chi connectivity index (χ1v) is 12.0. The Hall–Kier alpha value is -4.21. The highest BCUT2D eigenvalue weighted by Gasteiger charge is 2.44. The molecule has 2 unspecified atom stereocenters. The van der Waals surface area contributed by atoms with E-state index in [9.17, 15) is 27.2 Å². The van der Waals surface area contributed by atoms with Crippen LogP contribution >= 0.6 is 0 Å². The van der Waals surface area contributed by atoms with Gasteiger partial charge in [0.05, 0.1) is 11.6 Å². The number of urea groups is 1. The summed E-state index contributed by atoms with van der Waals surface area (Å²) >= 11 is 0. The highest BCUT2D eigenvalue weighted by Crippen LogP contribution is 2.44. The van der Waals surface area contributed by atoms with Crippen LogP contribution in [0.4, 0.5) is 22.4 Å². The summed E-state index contributed by atoms with van der Waals surface area (Å²) in [7, 11) is 0. The summed E-state index contributed by atoms with van der Waals surface area (Å²) < 4.78 is 54.1. The lowest BCUT2D eigenvalue weighted by atomic mass is 9.93. The van der Waals surface area contributed by atoms with Gasteiger partial charge in [-0.2, -0.15) is 13.2 Å². The van der Waals surface area contributed by atoms with Gasteiger partial charge in [-0.25, -0.2) is 9.18 Å². The average Bonchev–Trinajstić information content (AvgIpc) is 3.29. The highest BCUT2D eigenvalue weighted by atomic mass is 19.4. The summed E-state index contributed by atoms with van der Waals surface area (Å²) in [6.07, 6.45) is -4.51. The number of carbonyl (C=O) groups excluding carboxylic acids is 2. The molecule has 2 atom stereocenters. The van der Waals surface area contributed by atoms with Gasteiger partial charge in [0.25, 0.3) is 0 Å². The molecule has 0 bridgehead atoms. The van der Waals surface area contributed by atoms with E-state index in [1.54, 1.807) is 18.2 Å². The fraction of sp³-hybridized carbons (Fsp3) is 0.250. The van der Waals surface area contributed by atoms with Crippen LogP contribution in [0.3, 0.4) is 0 Å². The van der Waals surface area contributed by atoms with Crippen molar-refractivity contribution < 1.29 is 27.2 Å². The third-order valence-electron chi connectivity index (χ3n) is 6.66. The maximum Gasteiger partial charge on any atom is 0.416 e. The summed E-state index contributed by atoms with van der Waals surface area (Å²) in [6, 6.07) is 15.5. The van der Waals surface area contributed by atoms with Crippen LogP contribution < -0.4 is 5.32 Å². The van der Waals surface area contributed by atoms with Crippen molar-refractivity contribution in [1.82, 2.24) is 15.1 Å². The van der Waals surface area contributed by atoms with E-state index in [4.69, 9.17) is 4.99 Å². The molecule has 2 aliphatic heterocycles.